The minimum Gasteiger partial charge on any atom is -0.408 e. The largest absolute Gasteiger partial charge is 0.420 e. The van der Waals surface area contributed by atoms with E-state index in [2.05, 4.69) is 0 Å². The van der Waals surface area contributed by atoms with Gasteiger partial charge in [0.15, 0.2) is 5.58 Å². The van der Waals surface area contributed by atoms with E-state index in [1.807, 2.05) is 32.0 Å². The maximum atomic E-state index is 11.8. The molecule has 1 aliphatic carbocycles. The van der Waals surface area contributed by atoms with E-state index in [1.165, 1.54) is 5.56 Å². The maximum Gasteiger partial charge on any atom is 0.420 e. The van der Waals surface area contributed by atoms with Crippen LogP contribution in [0, 0.1) is 0 Å². The van der Waals surface area contributed by atoms with Crippen molar-refractivity contribution in [1.29, 1.82) is 0 Å². The van der Waals surface area contributed by atoms with Crippen molar-refractivity contribution in [2.75, 3.05) is 0 Å². The fourth-order valence-corrected chi connectivity index (χ4v) is 2.42. The van der Waals surface area contributed by atoms with E-state index in [4.69, 9.17) is 10.2 Å². The topological polar surface area (TPSA) is 61.2 Å². The number of fused-ring (bicyclic) bond motifs is 1. The molecule has 18 heavy (non-hydrogen) atoms. The Labute approximate surface area is 105 Å². The van der Waals surface area contributed by atoms with Gasteiger partial charge in [0.25, 0.3) is 0 Å². The molecule has 1 saturated carbocycles. The molecule has 0 unspecified atom stereocenters. The lowest BCUT2D eigenvalue weighted by Crippen LogP contribution is -2.24. The lowest BCUT2D eigenvalue weighted by Gasteiger charge is -2.10. The standard InChI is InChI=1S/C14H18N2O2/c1-9(2)16-11-7-10(8-14(15)5-6-14)3-4-12(11)18-13(16)17/h3-4,7,9H,5-6,8,15H2,1-2H3. The third kappa shape index (κ3) is 1.86. The van der Waals surface area contributed by atoms with Crippen LogP contribution in [-0.2, 0) is 6.42 Å². The van der Waals surface area contributed by atoms with Gasteiger partial charge in [-0.25, -0.2) is 4.79 Å². The number of nitrogens with two attached hydrogens (primary N) is 1. The van der Waals surface area contributed by atoms with Crippen LogP contribution < -0.4 is 11.5 Å². The normalized spacial score (nSPS) is 17.6. The summed E-state index contributed by atoms with van der Waals surface area (Å²) in [5, 5.41) is 0. The van der Waals surface area contributed by atoms with Crippen LogP contribution in [0.3, 0.4) is 0 Å². The summed E-state index contributed by atoms with van der Waals surface area (Å²) in [7, 11) is 0. The van der Waals surface area contributed by atoms with E-state index in [0.717, 1.165) is 24.8 Å². The summed E-state index contributed by atoms with van der Waals surface area (Å²) in [6, 6.07) is 6.01. The Morgan fingerprint density at radius 1 is 1.44 bits per heavy atom. The molecule has 96 valence electrons. The number of hydrogen-bond acceptors (Lipinski definition) is 3. The molecule has 4 heteroatoms. The lowest BCUT2D eigenvalue weighted by atomic mass is 10.0. The average molecular weight is 246 g/mol. The lowest BCUT2D eigenvalue weighted by molar-refractivity contribution is 0.478. The van der Waals surface area contributed by atoms with E-state index in [-0.39, 0.29) is 17.3 Å². The number of nitrogens with zero attached hydrogens (tertiary/aromatic N) is 1. The highest BCUT2D eigenvalue weighted by Crippen LogP contribution is 2.36. The van der Waals surface area contributed by atoms with Crippen molar-refractivity contribution in [3.63, 3.8) is 0 Å². The second-order valence-electron chi connectivity index (χ2n) is 5.67. The average Bonchev–Trinajstić information content (AvgIpc) is 2.89. The number of hydrogen-bond donors (Lipinski definition) is 1. The molecule has 0 radical (unpaired) electrons. The summed E-state index contributed by atoms with van der Waals surface area (Å²) in [6.45, 7) is 3.96. The van der Waals surface area contributed by atoms with Crippen LogP contribution in [0.25, 0.3) is 11.1 Å². The van der Waals surface area contributed by atoms with Crippen LogP contribution in [0.1, 0.15) is 38.3 Å². The van der Waals surface area contributed by atoms with Gasteiger partial charge in [-0.1, -0.05) is 6.07 Å². The van der Waals surface area contributed by atoms with Gasteiger partial charge in [0.2, 0.25) is 0 Å². The molecule has 1 aromatic heterocycles. The van der Waals surface area contributed by atoms with Crippen molar-refractivity contribution in [2.24, 2.45) is 5.73 Å². The molecule has 0 bridgehead atoms. The molecule has 4 nitrogen and oxygen atoms in total. The van der Waals surface area contributed by atoms with Crippen LogP contribution in [0.2, 0.25) is 0 Å². The third-order valence-corrected chi connectivity index (χ3v) is 3.64. The van der Waals surface area contributed by atoms with Crippen molar-refractivity contribution in [1.82, 2.24) is 4.57 Å². The first kappa shape index (κ1) is 11.5. The van der Waals surface area contributed by atoms with E-state index in [1.54, 1.807) is 4.57 Å². The van der Waals surface area contributed by atoms with Crippen molar-refractivity contribution >= 4 is 11.1 Å². The van der Waals surface area contributed by atoms with E-state index in [9.17, 15) is 4.79 Å². The van der Waals surface area contributed by atoms with Crippen molar-refractivity contribution in [3.05, 3.63) is 34.3 Å². The summed E-state index contributed by atoms with van der Waals surface area (Å²) in [5.74, 6) is -0.286. The first-order valence-corrected chi connectivity index (χ1v) is 6.41. The van der Waals surface area contributed by atoms with Crippen LogP contribution in [0.5, 0.6) is 0 Å². The van der Waals surface area contributed by atoms with Gasteiger partial charge in [0, 0.05) is 11.6 Å². The Bertz CT molecular complexity index is 647. The molecular formula is C14H18N2O2. The molecule has 0 saturated heterocycles. The van der Waals surface area contributed by atoms with Crippen LogP contribution in [-0.4, -0.2) is 10.1 Å². The van der Waals surface area contributed by atoms with Crippen LogP contribution >= 0.6 is 0 Å². The number of rotatable bonds is 3. The van der Waals surface area contributed by atoms with Gasteiger partial charge >= 0.3 is 5.76 Å². The van der Waals surface area contributed by atoms with Gasteiger partial charge in [0.1, 0.15) is 0 Å². The summed E-state index contributed by atoms with van der Waals surface area (Å²) in [4.78, 5) is 11.8. The van der Waals surface area contributed by atoms with Gasteiger partial charge in [-0.15, -0.1) is 0 Å². The molecule has 2 N–H and O–H groups in total. The summed E-state index contributed by atoms with van der Waals surface area (Å²) in [6.07, 6.45) is 3.06. The van der Waals surface area contributed by atoms with Crippen LogP contribution in [0.4, 0.5) is 0 Å². The van der Waals surface area contributed by atoms with E-state index >= 15 is 0 Å². The van der Waals surface area contributed by atoms with E-state index < -0.39 is 0 Å². The predicted octanol–water partition coefficient (Wildman–Crippen LogP) is 2.21. The van der Waals surface area contributed by atoms with E-state index in [0.29, 0.717) is 5.58 Å². The number of oxazole rings is 1. The molecular weight excluding hydrogens is 228 g/mol. The monoisotopic (exact) mass is 246 g/mol. The molecule has 0 aliphatic heterocycles. The molecule has 1 heterocycles. The number of benzene rings is 1. The highest BCUT2D eigenvalue weighted by atomic mass is 16.4. The Morgan fingerprint density at radius 2 is 2.17 bits per heavy atom. The molecule has 1 aromatic carbocycles. The molecule has 2 aromatic rings. The summed E-state index contributed by atoms with van der Waals surface area (Å²) in [5.41, 5.74) is 8.82. The highest BCUT2D eigenvalue weighted by Gasteiger charge is 2.38. The fourth-order valence-electron chi connectivity index (χ4n) is 2.42. The Morgan fingerprint density at radius 3 is 2.78 bits per heavy atom. The van der Waals surface area contributed by atoms with Crippen molar-refractivity contribution < 1.29 is 4.42 Å². The molecule has 0 atom stereocenters. The summed E-state index contributed by atoms with van der Waals surface area (Å²) < 4.78 is 6.93. The quantitative estimate of drug-likeness (QED) is 0.903. The molecule has 1 aliphatic rings. The molecule has 0 spiro atoms. The number of aromatic nitrogens is 1. The second-order valence-corrected chi connectivity index (χ2v) is 5.67. The Balaban J connectivity index is 2.09. The first-order valence-electron chi connectivity index (χ1n) is 6.41. The third-order valence-electron chi connectivity index (χ3n) is 3.64. The SMILES string of the molecule is CC(C)n1c(=O)oc2ccc(CC3(N)CC3)cc21. The van der Waals surface area contributed by atoms with Crippen LogP contribution in [0.15, 0.2) is 27.4 Å². The van der Waals surface area contributed by atoms with Crippen molar-refractivity contribution in [3.8, 4) is 0 Å². The fraction of sp³-hybridized carbons (Fsp3) is 0.500. The predicted molar refractivity (Wildman–Crippen MR) is 70.7 cm³/mol. The second kappa shape index (κ2) is 3.72. The highest BCUT2D eigenvalue weighted by molar-refractivity contribution is 5.74. The Hall–Kier alpha value is -1.55. The smallest absolute Gasteiger partial charge is 0.408 e. The van der Waals surface area contributed by atoms with Crippen molar-refractivity contribution in [2.45, 2.75) is 44.7 Å². The van der Waals surface area contributed by atoms with Gasteiger partial charge in [-0.3, -0.25) is 4.57 Å². The zero-order valence-corrected chi connectivity index (χ0v) is 10.8. The van der Waals surface area contributed by atoms with Gasteiger partial charge < -0.3 is 10.2 Å². The molecule has 3 rings (SSSR count). The minimum atomic E-state index is -0.286. The maximum absolute atomic E-state index is 11.8. The first-order chi connectivity index (χ1) is 8.48. The van der Waals surface area contributed by atoms with Gasteiger partial charge in [-0.05, 0) is 50.8 Å². The zero-order valence-electron chi connectivity index (χ0n) is 10.8. The molecule has 0 amide bonds. The summed E-state index contributed by atoms with van der Waals surface area (Å²) >= 11 is 0. The Kier molecular flexibility index (Phi) is 2.38. The van der Waals surface area contributed by atoms with Gasteiger partial charge in [0.05, 0.1) is 5.52 Å². The molecule has 1 fully saturated rings. The zero-order chi connectivity index (χ0) is 12.9. The van der Waals surface area contributed by atoms with Gasteiger partial charge in [-0.2, -0.15) is 0 Å². The minimum absolute atomic E-state index is 0.0135.